The first-order chi connectivity index (χ1) is 8.67. The van der Waals surface area contributed by atoms with Crippen molar-refractivity contribution in [3.05, 3.63) is 18.2 Å². The second-order valence-electron chi connectivity index (χ2n) is 3.87. The van der Waals surface area contributed by atoms with Crippen molar-refractivity contribution < 1.29 is 14.3 Å². The van der Waals surface area contributed by atoms with Crippen LogP contribution in [0.5, 0.6) is 5.75 Å². The van der Waals surface area contributed by atoms with Gasteiger partial charge in [0.1, 0.15) is 5.75 Å². The van der Waals surface area contributed by atoms with Gasteiger partial charge in [0.05, 0.1) is 25.8 Å². The van der Waals surface area contributed by atoms with Gasteiger partial charge in [0.25, 0.3) is 0 Å². The van der Waals surface area contributed by atoms with Crippen LogP contribution in [-0.4, -0.2) is 26.2 Å². The van der Waals surface area contributed by atoms with Gasteiger partial charge in [-0.25, -0.2) is 0 Å². The summed E-state index contributed by atoms with van der Waals surface area (Å²) < 4.78 is 10.3. The maximum atomic E-state index is 11.6. The van der Waals surface area contributed by atoms with Gasteiger partial charge in [0.15, 0.2) is 0 Å². The van der Waals surface area contributed by atoms with Crippen LogP contribution < -0.4 is 15.8 Å². The van der Waals surface area contributed by atoms with Crippen molar-refractivity contribution in [2.45, 2.75) is 19.8 Å². The highest BCUT2D eigenvalue weighted by atomic mass is 16.5. The highest BCUT2D eigenvalue weighted by Gasteiger charge is 2.05. The van der Waals surface area contributed by atoms with E-state index in [0.717, 1.165) is 6.42 Å². The molecule has 0 saturated carbocycles. The van der Waals surface area contributed by atoms with Gasteiger partial charge in [0, 0.05) is 12.3 Å². The molecule has 0 aliphatic heterocycles. The van der Waals surface area contributed by atoms with Gasteiger partial charge in [0.2, 0.25) is 5.91 Å². The molecule has 100 valence electrons. The van der Waals surface area contributed by atoms with Crippen molar-refractivity contribution in [2.75, 3.05) is 31.4 Å². The maximum Gasteiger partial charge on any atom is 0.226 e. The molecule has 0 aliphatic rings. The van der Waals surface area contributed by atoms with Crippen molar-refractivity contribution in [1.29, 1.82) is 0 Å². The Hall–Kier alpha value is -1.75. The fraction of sp³-hybridized carbons (Fsp3) is 0.462. The van der Waals surface area contributed by atoms with Gasteiger partial charge in [-0.1, -0.05) is 6.92 Å². The summed E-state index contributed by atoms with van der Waals surface area (Å²) in [6.07, 6.45) is 1.29. The zero-order valence-corrected chi connectivity index (χ0v) is 10.9. The molecule has 0 unspecified atom stereocenters. The van der Waals surface area contributed by atoms with Crippen LogP contribution in [0, 0.1) is 0 Å². The molecule has 0 aromatic heterocycles. The molecule has 3 N–H and O–H groups in total. The summed E-state index contributed by atoms with van der Waals surface area (Å²) in [6.45, 7) is 3.15. The zero-order chi connectivity index (χ0) is 13.4. The third-order valence-electron chi connectivity index (χ3n) is 2.34. The first kappa shape index (κ1) is 14.3. The van der Waals surface area contributed by atoms with Gasteiger partial charge in [-0.2, -0.15) is 0 Å². The van der Waals surface area contributed by atoms with Gasteiger partial charge in [-0.15, -0.1) is 0 Å². The molecule has 0 radical (unpaired) electrons. The molecule has 0 aliphatic carbocycles. The number of hydrogen-bond donors (Lipinski definition) is 2. The molecule has 1 aromatic carbocycles. The zero-order valence-electron chi connectivity index (χ0n) is 10.9. The van der Waals surface area contributed by atoms with Gasteiger partial charge in [-0.05, 0) is 24.6 Å². The Morgan fingerprint density at radius 1 is 1.39 bits per heavy atom. The third kappa shape index (κ3) is 4.63. The van der Waals surface area contributed by atoms with Crippen LogP contribution in [-0.2, 0) is 9.53 Å². The SMILES string of the molecule is CCCOCCC(=O)Nc1ccc(OC)c(N)c1. The minimum absolute atomic E-state index is 0.0873. The Morgan fingerprint density at radius 2 is 2.17 bits per heavy atom. The topological polar surface area (TPSA) is 73.6 Å². The minimum Gasteiger partial charge on any atom is -0.495 e. The molecule has 1 rings (SSSR count). The number of methoxy groups -OCH3 is 1. The monoisotopic (exact) mass is 252 g/mol. The molecule has 0 heterocycles. The number of hydrogen-bond acceptors (Lipinski definition) is 4. The average Bonchev–Trinajstić information content (AvgIpc) is 2.35. The van der Waals surface area contributed by atoms with Crippen LogP contribution in [0.15, 0.2) is 18.2 Å². The normalized spacial score (nSPS) is 10.1. The first-order valence-corrected chi connectivity index (χ1v) is 5.98. The Bertz CT molecular complexity index is 394. The molecule has 0 atom stereocenters. The van der Waals surface area contributed by atoms with Crippen LogP contribution in [0.25, 0.3) is 0 Å². The lowest BCUT2D eigenvalue weighted by atomic mass is 10.2. The molecular weight excluding hydrogens is 232 g/mol. The van der Waals surface area contributed by atoms with Crippen LogP contribution in [0.4, 0.5) is 11.4 Å². The summed E-state index contributed by atoms with van der Waals surface area (Å²) in [5.74, 6) is 0.509. The van der Waals surface area contributed by atoms with E-state index in [9.17, 15) is 4.79 Å². The van der Waals surface area contributed by atoms with Crippen molar-refractivity contribution in [3.8, 4) is 5.75 Å². The quantitative estimate of drug-likeness (QED) is 0.575. The summed E-state index contributed by atoms with van der Waals surface area (Å²) in [7, 11) is 1.55. The van der Waals surface area contributed by atoms with Crippen LogP contribution in [0.2, 0.25) is 0 Å². The molecule has 18 heavy (non-hydrogen) atoms. The molecule has 1 amide bonds. The van der Waals surface area contributed by atoms with Crippen molar-refractivity contribution >= 4 is 17.3 Å². The van der Waals surface area contributed by atoms with Gasteiger partial charge < -0.3 is 20.5 Å². The van der Waals surface area contributed by atoms with E-state index in [-0.39, 0.29) is 5.91 Å². The number of amides is 1. The first-order valence-electron chi connectivity index (χ1n) is 5.98. The molecule has 0 spiro atoms. The van der Waals surface area contributed by atoms with E-state index in [1.807, 2.05) is 6.92 Å². The van der Waals surface area contributed by atoms with E-state index < -0.39 is 0 Å². The second-order valence-corrected chi connectivity index (χ2v) is 3.87. The van der Waals surface area contributed by atoms with E-state index in [2.05, 4.69) is 5.32 Å². The lowest BCUT2D eigenvalue weighted by molar-refractivity contribution is -0.117. The van der Waals surface area contributed by atoms with Gasteiger partial charge in [-0.3, -0.25) is 4.79 Å². The number of nitrogen functional groups attached to an aromatic ring is 1. The molecule has 5 heteroatoms. The molecule has 0 bridgehead atoms. The number of carbonyl (C=O) groups excluding carboxylic acids is 1. The van der Waals surface area contributed by atoms with E-state index in [4.69, 9.17) is 15.2 Å². The number of anilines is 2. The summed E-state index contributed by atoms with van der Waals surface area (Å²) in [5, 5.41) is 2.76. The Morgan fingerprint density at radius 3 is 2.78 bits per heavy atom. The van der Waals surface area contributed by atoms with E-state index in [0.29, 0.717) is 36.8 Å². The Balaban J connectivity index is 2.42. The molecule has 0 saturated heterocycles. The summed E-state index contributed by atoms with van der Waals surface area (Å²) in [5.41, 5.74) is 6.90. The minimum atomic E-state index is -0.0873. The van der Waals surface area contributed by atoms with Crippen molar-refractivity contribution in [1.82, 2.24) is 0 Å². The van der Waals surface area contributed by atoms with E-state index >= 15 is 0 Å². The Kier molecular flexibility index (Phi) is 6.00. The largest absolute Gasteiger partial charge is 0.495 e. The number of nitrogens with two attached hydrogens (primary N) is 1. The molecule has 5 nitrogen and oxygen atoms in total. The number of rotatable bonds is 7. The predicted octanol–water partition coefficient (Wildman–Crippen LogP) is 2.03. The maximum absolute atomic E-state index is 11.6. The summed E-state index contributed by atoms with van der Waals surface area (Å²) >= 11 is 0. The van der Waals surface area contributed by atoms with Crippen LogP contribution >= 0.6 is 0 Å². The van der Waals surface area contributed by atoms with Crippen molar-refractivity contribution in [2.24, 2.45) is 0 Å². The molecule has 1 aromatic rings. The summed E-state index contributed by atoms with van der Waals surface area (Å²) in [4.78, 5) is 11.6. The van der Waals surface area contributed by atoms with Crippen LogP contribution in [0.3, 0.4) is 0 Å². The fourth-order valence-corrected chi connectivity index (χ4v) is 1.45. The number of nitrogens with one attached hydrogen (secondary N) is 1. The van der Waals surface area contributed by atoms with Gasteiger partial charge >= 0.3 is 0 Å². The number of ether oxygens (including phenoxy) is 2. The predicted molar refractivity (Wildman–Crippen MR) is 71.8 cm³/mol. The standard InChI is InChI=1S/C13H20N2O3/c1-3-7-18-8-6-13(16)15-10-4-5-12(17-2)11(14)9-10/h4-5,9H,3,6-8,14H2,1-2H3,(H,15,16). The smallest absolute Gasteiger partial charge is 0.226 e. The summed E-state index contributed by atoms with van der Waals surface area (Å²) in [6, 6.07) is 5.14. The second kappa shape index (κ2) is 7.55. The lowest BCUT2D eigenvalue weighted by Gasteiger charge is -2.09. The molecular formula is C13H20N2O3. The molecule has 0 fully saturated rings. The van der Waals surface area contributed by atoms with Crippen molar-refractivity contribution in [3.63, 3.8) is 0 Å². The third-order valence-corrected chi connectivity index (χ3v) is 2.34. The average molecular weight is 252 g/mol. The van der Waals surface area contributed by atoms with E-state index in [1.165, 1.54) is 0 Å². The van der Waals surface area contributed by atoms with E-state index in [1.54, 1.807) is 25.3 Å². The number of benzene rings is 1. The lowest BCUT2D eigenvalue weighted by Crippen LogP contribution is -2.14. The van der Waals surface area contributed by atoms with Crippen LogP contribution in [0.1, 0.15) is 19.8 Å². The highest BCUT2D eigenvalue weighted by Crippen LogP contribution is 2.24. The highest BCUT2D eigenvalue weighted by molar-refractivity contribution is 5.91. The number of carbonyl (C=O) groups is 1. The fourth-order valence-electron chi connectivity index (χ4n) is 1.45. The Labute approximate surface area is 107 Å².